The van der Waals surface area contributed by atoms with Gasteiger partial charge in [-0.25, -0.2) is 26.0 Å². The van der Waals surface area contributed by atoms with Crippen molar-refractivity contribution in [1.29, 1.82) is 0 Å². The van der Waals surface area contributed by atoms with Crippen LogP contribution in [0.1, 0.15) is 37.3 Å². The molecule has 3 atom stereocenters. The van der Waals surface area contributed by atoms with E-state index < -0.39 is 51.3 Å². The lowest BCUT2D eigenvalue weighted by Gasteiger charge is -2.40. The van der Waals surface area contributed by atoms with Crippen molar-refractivity contribution in [3.8, 4) is 0 Å². The van der Waals surface area contributed by atoms with Crippen LogP contribution in [0.5, 0.6) is 0 Å². The molecule has 1 amide bonds. The summed E-state index contributed by atoms with van der Waals surface area (Å²) in [7, 11) is -3.48. The van der Waals surface area contributed by atoms with Crippen molar-refractivity contribution in [1.82, 2.24) is 14.6 Å². The molecule has 2 fully saturated rings. The number of pyridine rings is 1. The Kier molecular flexibility index (Phi) is 9.33. The fourth-order valence-corrected chi connectivity index (χ4v) is 7.73. The summed E-state index contributed by atoms with van der Waals surface area (Å²) < 4.78 is 84.3. The average molecular weight is 620 g/mol. The molecule has 3 aromatic rings. The van der Waals surface area contributed by atoms with Crippen LogP contribution >= 0.6 is 0 Å². The molecule has 1 aliphatic heterocycles. The number of carbonyl (C=O) groups excluding carboxylic acids is 1. The molecule has 1 saturated heterocycles. The minimum absolute atomic E-state index is 0.0251. The topological polar surface area (TPSA) is 103 Å². The molecule has 2 heterocycles. The maximum absolute atomic E-state index is 15.2. The van der Waals surface area contributed by atoms with Gasteiger partial charge in [0.1, 0.15) is 29.3 Å². The Balaban J connectivity index is 1.38. The van der Waals surface area contributed by atoms with E-state index in [1.165, 1.54) is 30.5 Å². The van der Waals surface area contributed by atoms with E-state index in [9.17, 15) is 26.4 Å². The fraction of sp³-hybridized carbons (Fsp3) is 0.400. The van der Waals surface area contributed by atoms with Crippen molar-refractivity contribution in [2.75, 3.05) is 23.7 Å². The number of benzene rings is 2. The van der Waals surface area contributed by atoms with Crippen molar-refractivity contribution >= 4 is 27.3 Å². The summed E-state index contributed by atoms with van der Waals surface area (Å²) in [4.78, 5) is 17.3. The molecular weight excluding hydrogens is 586 g/mol. The highest BCUT2D eigenvalue weighted by Crippen LogP contribution is 2.35. The Bertz CT molecular complexity index is 1550. The van der Waals surface area contributed by atoms with Crippen LogP contribution < -0.4 is 16.0 Å². The molecule has 0 radical (unpaired) electrons. The number of halogens is 4. The Morgan fingerprint density at radius 1 is 1.02 bits per heavy atom. The molecule has 43 heavy (non-hydrogen) atoms. The van der Waals surface area contributed by atoms with Crippen LogP contribution in [0.15, 0.2) is 54.9 Å². The number of aromatic nitrogens is 1. The van der Waals surface area contributed by atoms with Gasteiger partial charge >= 0.3 is 0 Å². The van der Waals surface area contributed by atoms with E-state index in [4.69, 9.17) is 0 Å². The number of carbonyl (C=O) groups is 1. The number of amides is 1. The molecule has 230 valence electrons. The minimum Gasteiger partial charge on any atom is -0.372 e. The normalized spacial score (nSPS) is 20.0. The molecule has 13 heteroatoms. The standard InChI is InChI=1S/C30H33F4N5O3S/c1-18-14-35-15-24(39(18)43(41,42)25-7-8-25)6-9-26-27(34)16-36-17-29(26)38-28(10-19-2-4-20(31)5-3-19)30(40)37-23-12-21(32)11-22(33)13-23/h2-5,11-13,16-18,24-25,28,35,38H,6-10,14-15H2,1H3,(H,37,40)/t18-,24+,28+/m1/s1. The highest BCUT2D eigenvalue weighted by atomic mass is 32.2. The van der Waals surface area contributed by atoms with Crippen LogP contribution in [0, 0.1) is 23.3 Å². The van der Waals surface area contributed by atoms with Crippen molar-refractivity contribution in [2.24, 2.45) is 0 Å². The van der Waals surface area contributed by atoms with Crippen LogP contribution in [0.3, 0.4) is 0 Å². The van der Waals surface area contributed by atoms with E-state index in [0.717, 1.165) is 18.3 Å². The maximum Gasteiger partial charge on any atom is 0.247 e. The molecule has 0 spiro atoms. The van der Waals surface area contributed by atoms with Gasteiger partial charge in [0.05, 0.1) is 23.3 Å². The first kappa shape index (κ1) is 30.9. The van der Waals surface area contributed by atoms with Gasteiger partial charge in [0, 0.05) is 48.9 Å². The van der Waals surface area contributed by atoms with Crippen molar-refractivity contribution < 1.29 is 30.8 Å². The molecule has 1 aliphatic carbocycles. The molecule has 0 bridgehead atoms. The van der Waals surface area contributed by atoms with Crippen LogP contribution in [-0.4, -0.2) is 60.1 Å². The van der Waals surface area contributed by atoms with E-state index in [-0.39, 0.29) is 41.1 Å². The second-order valence-electron chi connectivity index (χ2n) is 11.1. The summed E-state index contributed by atoms with van der Waals surface area (Å²) in [5.41, 5.74) is 0.891. The highest BCUT2D eigenvalue weighted by Gasteiger charge is 2.45. The predicted octanol–water partition coefficient (Wildman–Crippen LogP) is 4.39. The van der Waals surface area contributed by atoms with Gasteiger partial charge in [-0.15, -0.1) is 0 Å². The zero-order chi connectivity index (χ0) is 30.7. The number of sulfonamides is 1. The van der Waals surface area contributed by atoms with E-state index >= 15 is 4.39 Å². The first-order valence-electron chi connectivity index (χ1n) is 14.1. The largest absolute Gasteiger partial charge is 0.372 e. The molecule has 8 nitrogen and oxygen atoms in total. The zero-order valence-electron chi connectivity index (χ0n) is 23.5. The Hall–Kier alpha value is -3.55. The monoisotopic (exact) mass is 619 g/mol. The number of rotatable bonds is 11. The molecule has 3 N–H and O–H groups in total. The second kappa shape index (κ2) is 13.0. The fourth-order valence-electron chi connectivity index (χ4n) is 5.48. The lowest BCUT2D eigenvalue weighted by atomic mass is 10.0. The number of anilines is 2. The van der Waals surface area contributed by atoms with Crippen LogP contribution in [0.2, 0.25) is 0 Å². The Labute approximate surface area is 247 Å². The summed E-state index contributed by atoms with van der Waals surface area (Å²) in [6.45, 7) is 2.79. The molecule has 2 aliphatic rings. The third-order valence-corrected chi connectivity index (χ3v) is 10.3. The number of nitrogens with zero attached hydrogens (tertiary/aromatic N) is 2. The van der Waals surface area contributed by atoms with Gasteiger partial charge in [-0.2, -0.15) is 4.31 Å². The van der Waals surface area contributed by atoms with Crippen LogP contribution in [0.4, 0.5) is 28.9 Å². The first-order valence-corrected chi connectivity index (χ1v) is 15.6. The van der Waals surface area contributed by atoms with Gasteiger partial charge in [0.25, 0.3) is 0 Å². The highest BCUT2D eigenvalue weighted by molar-refractivity contribution is 7.90. The predicted molar refractivity (Wildman–Crippen MR) is 155 cm³/mol. The van der Waals surface area contributed by atoms with Gasteiger partial charge in [-0.1, -0.05) is 12.1 Å². The molecule has 2 aromatic carbocycles. The summed E-state index contributed by atoms with van der Waals surface area (Å²) in [6.07, 6.45) is 4.17. The van der Waals surface area contributed by atoms with E-state index in [1.807, 2.05) is 6.92 Å². The van der Waals surface area contributed by atoms with E-state index in [2.05, 4.69) is 20.9 Å². The average Bonchev–Trinajstić information content (AvgIpc) is 3.79. The summed E-state index contributed by atoms with van der Waals surface area (Å²) in [5, 5.41) is 8.40. The lowest BCUT2D eigenvalue weighted by molar-refractivity contribution is -0.116. The minimum atomic E-state index is -3.48. The van der Waals surface area contributed by atoms with Crippen molar-refractivity contribution in [2.45, 2.75) is 62.4 Å². The smallest absolute Gasteiger partial charge is 0.247 e. The maximum atomic E-state index is 15.2. The summed E-state index contributed by atoms with van der Waals surface area (Å²) in [6, 6.07) is 6.35. The van der Waals surface area contributed by atoms with Gasteiger partial charge in [0.2, 0.25) is 15.9 Å². The molecular formula is C30H33F4N5O3S. The molecule has 0 unspecified atom stereocenters. The van der Waals surface area contributed by atoms with Crippen molar-refractivity contribution in [3.63, 3.8) is 0 Å². The van der Waals surface area contributed by atoms with Crippen LogP contribution in [0.25, 0.3) is 0 Å². The number of hydrogen-bond acceptors (Lipinski definition) is 6. The third kappa shape index (κ3) is 7.51. The summed E-state index contributed by atoms with van der Waals surface area (Å²) in [5.74, 6) is -3.52. The Morgan fingerprint density at radius 3 is 2.40 bits per heavy atom. The Morgan fingerprint density at radius 2 is 1.72 bits per heavy atom. The number of nitrogens with one attached hydrogen (secondary N) is 3. The number of piperazine rings is 1. The molecule has 1 aromatic heterocycles. The van der Waals surface area contributed by atoms with Crippen molar-refractivity contribution in [3.05, 3.63) is 89.3 Å². The van der Waals surface area contributed by atoms with Gasteiger partial charge in [-0.3, -0.25) is 9.78 Å². The van der Waals surface area contributed by atoms with Gasteiger partial charge < -0.3 is 16.0 Å². The second-order valence-corrected chi connectivity index (χ2v) is 13.2. The van der Waals surface area contributed by atoms with E-state index in [0.29, 0.717) is 44.0 Å². The van der Waals surface area contributed by atoms with E-state index in [1.54, 1.807) is 4.31 Å². The zero-order valence-corrected chi connectivity index (χ0v) is 24.3. The SMILES string of the molecule is C[C@@H]1CNC[C@H](CCc2c(F)cncc2N[C@@H](Cc2ccc(F)cc2)C(=O)Nc2cc(F)cc(F)c2)N1S(=O)(=O)C1CC1. The third-order valence-electron chi connectivity index (χ3n) is 7.72. The van der Waals surface area contributed by atoms with Gasteiger partial charge in [-0.05, 0) is 62.4 Å². The lowest BCUT2D eigenvalue weighted by Crippen LogP contribution is -2.59. The number of hydrogen-bond donors (Lipinski definition) is 3. The summed E-state index contributed by atoms with van der Waals surface area (Å²) >= 11 is 0. The van der Waals surface area contributed by atoms with Crippen LogP contribution in [-0.2, 0) is 27.7 Å². The molecule has 1 saturated carbocycles. The quantitative estimate of drug-likeness (QED) is 0.275. The van der Waals surface area contributed by atoms with Gasteiger partial charge in [0.15, 0.2) is 0 Å². The molecule has 5 rings (SSSR count). The first-order chi connectivity index (χ1) is 20.5.